The van der Waals surface area contributed by atoms with Crippen molar-refractivity contribution in [1.29, 1.82) is 0 Å². The average molecular weight is 737 g/mol. The zero-order valence-electron chi connectivity index (χ0n) is 32.8. The fourth-order valence-electron chi connectivity index (χ4n) is 9.00. The molecule has 2 saturated heterocycles. The number of nitrogens with zero attached hydrogens (tertiary/aromatic N) is 6. The monoisotopic (exact) mass is 736 g/mol. The maximum absolute atomic E-state index is 14.9. The van der Waals surface area contributed by atoms with Gasteiger partial charge in [-0.1, -0.05) is 46.8 Å². The minimum atomic E-state index is -2.79. The van der Waals surface area contributed by atoms with Crippen LogP contribution in [-0.2, 0) is 24.1 Å². The Morgan fingerprint density at radius 1 is 1.09 bits per heavy atom. The summed E-state index contributed by atoms with van der Waals surface area (Å²) in [7, 11) is 2.12. The molecule has 4 aliphatic heterocycles. The van der Waals surface area contributed by atoms with Crippen LogP contribution in [0.3, 0.4) is 0 Å². The van der Waals surface area contributed by atoms with Gasteiger partial charge in [-0.05, 0) is 81.0 Å². The molecule has 53 heavy (non-hydrogen) atoms. The van der Waals surface area contributed by atoms with Crippen LogP contribution in [0.25, 0.3) is 0 Å². The summed E-state index contributed by atoms with van der Waals surface area (Å²) < 4.78 is 37.7. The molecule has 1 atom stereocenters. The Labute approximate surface area is 315 Å². The third-order valence-corrected chi connectivity index (χ3v) is 11.6. The van der Waals surface area contributed by atoms with Gasteiger partial charge in [0, 0.05) is 98.2 Å². The molecule has 12 heteroatoms. The highest BCUT2D eigenvalue weighted by atomic mass is 19.3. The Bertz CT molecular complexity index is 1670. The lowest BCUT2D eigenvalue weighted by molar-refractivity contribution is 0.0651. The van der Waals surface area contributed by atoms with Crippen LogP contribution in [0, 0.1) is 17.3 Å². The topological polar surface area (TPSA) is 109 Å². The summed E-state index contributed by atoms with van der Waals surface area (Å²) in [6.07, 6.45) is 5.45. The highest BCUT2D eigenvalue weighted by molar-refractivity contribution is 5.97. The van der Waals surface area contributed by atoms with Crippen molar-refractivity contribution < 1.29 is 18.3 Å². The van der Waals surface area contributed by atoms with E-state index in [0.29, 0.717) is 38.2 Å². The van der Waals surface area contributed by atoms with Crippen molar-refractivity contribution in [3.05, 3.63) is 64.1 Å². The largest absolute Gasteiger partial charge is 0.401 e. The van der Waals surface area contributed by atoms with Crippen LogP contribution in [-0.4, -0.2) is 83.0 Å². The van der Waals surface area contributed by atoms with Crippen molar-refractivity contribution in [3.8, 4) is 0 Å². The van der Waals surface area contributed by atoms with Gasteiger partial charge in [0.15, 0.2) is 5.82 Å². The van der Waals surface area contributed by atoms with Gasteiger partial charge in [-0.25, -0.2) is 14.6 Å². The molecule has 4 N–H and O–H groups in total. The number of aryl methyl sites for hydroxylation is 1. The molecular weight excluding hydrogens is 675 g/mol. The van der Waals surface area contributed by atoms with Crippen LogP contribution >= 0.6 is 0 Å². The van der Waals surface area contributed by atoms with E-state index in [0.717, 1.165) is 87.5 Å². The molecule has 4 aliphatic rings. The number of benzene rings is 1. The van der Waals surface area contributed by atoms with E-state index in [1.54, 1.807) is 22.0 Å². The summed E-state index contributed by atoms with van der Waals surface area (Å²) >= 11 is 0. The number of amides is 1. The molecule has 10 nitrogen and oxygen atoms in total. The number of alkyl halides is 2. The number of allylic oxidation sites excluding steroid dienone is 1. The number of hydrogen-bond acceptors (Lipinski definition) is 8. The number of halogens is 2. The molecule has 0 aliphatic carbocycles. The Balaban J connectivity index is 1.20. The third-order valence-electron chi connectivity index (χ3n) is 11.6. The van der Waals surface area contributed by atoms with Gasteiger partial charge in [-0.2, -0.15) is 5.10 Å². The summed E-state index contributed by atoms with van der Waals surface area (Å²) in [5, 5.41) is 6.92. The molecule has 2 aromatic rings. The number of nitrogens with two attached hydrogens (primary N) is 2. The quantitative estimate of drug-likeness (QED) is 0.151. The maximum Gasteiger partial charge on any atom is 0.264 e. The van der Waals surface area contributed by atoms with Gasteiger partial charge in [0.05, 0.1) is 12.1 Å². The molecule has 1 aromatic carbocycles. The minimum Gasteiger partial charge on any atom is -0.401 e. The van der Waals surface area contributed by atoms with Gasteiger partial charge in [0.25, 0.3) is 12.3 Å². The zero-order chi connectivity index (χ0) is 38.2. The van der Waals surface area contributed by atoms with Crippen LogP contribution in [0.5, 0.6) is 0 Å². The lowest BCUT2D eigenvalue weighted by Crippen LogP contribution is -2.44. The molecule has 2 fully saturated rings. The standard InChI is InChI=1S/C41H62F2N8O2/c1-26(2)37(27(3)23-41(4,5)6)50(45)25-34(44)28-10-17-48(18-11-28)40(52)32-21-29-9-8-15-49(36(29)22-31(32)38(42)43)39-33-24-47(7)16-12-35(33)51(46-39)30-13-19-53-20-14-30/h21-22,25-26,28,30,37-38H,3,8-20,23-24,44-45H2,1-2,4-7H3/b34-25-. The summed E-state index contributed by atoms with van der Waals surface area (Å²) in [6.45, 7) is 19.9. The van der Waals surface area contributed by atoms with Crippen molar-refractivity contribution in [2.75, 3.05) is 51.3 Å². The SMILES string of the molecule is C=C(CC(C)(C)C)C(C(C)C)N(N)/C=C(\N)C1CCN(C(=O)c2cc3c(cc2C(F)F)N(c2nn(C4CCOCC4)c4c2CN(C)CC4)CCC3)CC1. The van der Waals surface area contributed by atoms with Gasteiger partial charge in [-0.3, -0.25) is 9.48 Å². The first kappa shape index (κ1) is 39.2. The number of anilines is 2. The first-order chi connectivity index (χ1) is 25.1. The predicted molar refractivity (Wildman–Crippen MR) is 207 cm³/mol. The van der Waals surface area contributed by atoms with Gasteiger partial charge >= 0.3 is 0 Å². The molecule has 292 valence electrons. The predicted octanol–water partition coefficient (Wildman–Crippen LogP) is 7.09. The molecule has 5 heterocycles. The number of likely N-dealkylation sites (N-methyl/N-ethyl adjacent to an activating group) is 1. The summed E-state index contributed by atoms with van der Waals surface area (Å²) in [5.74, 6) is 7.38. The number of hydrogen-bond donors (Lipinski definition) is 2. The lowest BCUT2D eigenvalue weighted by Gasteiger charge is -2.36. The second-order valence-electron chi connectivity index (χ2n) is 17.4. The number of piperidine rings is 1. The van der Waals surface area contributed by atoms with E-state index < -0.39 is 6.43 Å². The molecule has 1 aromatic heterocycles. The van der Waals surface area contributed by atoms with Gasteiger partial charge in [0.2, 0.25) is 0 Å². The minimum absolute atomic E-state index is 0.0337. The number of carbonyl (C=O) groups excluding carboxylic acids is 1. The summed E-state index contributed by atoms with van der Waals surface area (Å²) in [4.78, 5) is 20.2. The van der Waals surface area contributed by atoms with Crippen molar-refractivity contribution in [3.63, 3.8) is 0 Å². The molecular formula is C41H62F2N8O2. The van der Waals surface area contributed by atoms with Crippen LogP contribution < -0.4 is 16.5 Å². The lowest BCUT2D eigenvalue weighted by atomic mass is 9.83. The molecule has 0 saturated carbocycles. The van der Waals surface area contributed by atoms with E-state index in [-0.39, 0.29) is 46.4 Å². The molecule has 0 radical (unpaired) electrons. The smallest absolute Gasteiger partial charge is 0.264 e. The molecule has 1 amide bonds. The van der Waals surface area contributed by atoms with E-state index >= 15 is 0 Å². The second-order valence-corrected chi connectivity index (χ2v) is 17.4. The number of rotatable bonds is 10. The fraction of sp³-hybridized carbons (Fsp3) is 0.659. The Hall–Kier alpha value is -3.48. The van der Waals surface area contributed by atoms with E-state index in [1.807, 2.05) is 6.20 Å². The highest BCUT2D eigenvalue weighted by Crippen LogP contribution is 2.42. The Morgan fingerprint density at radius 2 is 1.79 bits per heavy atom. The fourth-order valence-corrected chi connectivity index (χ4v) is 9.00. The van der Waals surface area contributed by atoms with Gasteiger partial charge in [-0.15, -0.1) is 0 Å². The number of aromatic nitrogens is 2. The molecule has 0 spiro atoms. The summed E-state index contributed by atoms with van der Waals surface area (Å²) in [5.41, 5.74) is 12.4. The van der Waals surface area contributed by atoms with Crippen molar-refractivity contribution in [2.24, 2.45) is 28.8 Å². The van der Waals surface area contributed by atoms with Crippen molar-refractivity contribution in [1.82, 2.24) is 24.6 Å². The van der Waals surface area contributed by atoms with Crippen LogP contribution in [0.2, 0.25) is 0 Å². The van der Waals surface area contributed by atoms with E-state index in [9.17, 15) is 13.6 Å². The van der Waals surface area contributed by atoms with Gasteiger partial charge < -0.3 is 30.2 Å². The molecule has 1 unspecified atom stereocenters. The molecule has 6 rings (SSSR count). The van der Waals surface area contributed by atoms with Crippen molar-refractivity contribution in [2.45, 2.75) is 111 Å². The third kappa shape index (κ3) is 8.60. The Morgan fingerprint density at radius 3 is 2.43 bits per heavy atom. The number of fused-ring (bicyclic) bond motifs is 2. The van der Waals surface area contributed by atoms with Gasteiger partial charge in [0.1, 0.15) is 0 Å². The maximum atomic E-state index is 14.9. The van der Waals surface area contributed by atoms with E-state index in [4.69, 9.17) is 21.4 Å². The molecule has 0 bridgehead atoms. The zero-order valence-corrected chi connectivity index (χ0v) is 32.8. The normalized spacial score (nSPS) is 20.2. The number of hydrazine groups is 1. The highest BCUT2D eigenvalue weighted by Gasteiger charge is 2.35. The van der Waals surface area contributed by atoms with E-state index in [1.165, 1.54) is 11.3 Å². The van der Waals surface area contributed by atoms with Crippen LogP contribution in [0.15, 0.2) is 36.2 Å². The van der Waals surface area contributed by atoms with Crippen LogP contribution in [0.1, 0.15) is 118 Å². The van der Waals surface area contributed by atoms with Crippen LogP contribution in [0.4, 0.5) is 20.3 Å². The summed E-state index contributed by atoms with van der Waals surface area (Å²) in [6, 6.07) is 3.52. The average Bonchev–Trinajstić information content (AvgIpc) is 3.48. The Kier molecular flexibility index (Phi) is 11.9. The van der Waals surface area contributed by atoms with Crippen molar-refractivity contribution >= 4 is 17.4 Å². The number of carbonyl (C=O) groups is 1. The number of likely N-dealkylation sites (tertiary alicyclic amines) is 1. The van der Waals surface area contributed by atoms with E-state index in [2.05, 4.69) is 62.7 Å². The second kappa shape index (κ2) is 16.1. The number of ether oxygens (including phenoxy) is 1. The first-order valence-corrected chi connectivity index (χ1v) is 19.7. The first-order valence-electron chi connectivity index (χ1n) is 19.7.